The van der Waals surface area contributed by atoms with Gasteiger partial charge in [0.15, 0.2) is 0 Å². The van der Waals surface area contributed by atoms with Crippen LogP contribution in [0.4, 0.5) is 17.6 Å². The maximum atomic E-state index is 12.6. The van der Waals surface area contributed by atoms with E-state index in [0.29, 0.717) is 5.92 Å². The van der Waals surface area contributed by atoms with Gasteiger partial charge in [0.1, 0.15) is 6.61 Å². The van der Waals surface area contributed by atoms with Crippen LogP contribution in [-0.4, -0.2) is 36.8 Å². The van der Waals surface area contributed by atoms with Crippen molar-refractivity contribution in [1.29, 1.82) is 0 Å². The van der Waals surface area contributed by atoms with E-state index in [9.17, 15) is 22.7 Å². The third-order valence-corrected chi connectivity index (χ3v) is 3.92. The lowest BCUT2D eigenvalue weighted by Gasteiger charge is -2.31. The summed E-state index contributed by atoms with van der Waals surface area (Å²) in [6.45, 7) is 0.479. The van der Waals surface area contributed by atoms with Gasteiger partial charge in [0.2, 0.25) is 0 Å². The normalized spacial score (nSPS) is 26.7. The Morgan fingerprint density at radius 2 is 1.79 bits per heavy atom. The third-order valence-electron chi connectivity index (χ3n) is 3.92. The third kappa shape index (κ3) is 5.26. The van der Waals surface area contributed by atoms with E-state index in [1.807, 2.05) is 0 Å². The average Bonchev–Trinajstić information content (AvgIpc) is 2.38. The maximum absolute atomic E-state index is 12.6. The smallest absolute Gasteiger partial charge is 0.330 e. The molecule has 1 atom stereocenters. The van der Waals surface area contributed by atoms with Crippen LogP contribution in [0.1, 0.15) is 39.0 Å². The summed E-state index contributed by atoms with van der Waals surface area (Å²) in [6.07, 6.45) is 0.259. The van der Waals surface area contributed by atoms with E-state index >= 15 is 0 Å². The van der Waals surface area contributed by atoms with E-state index in [1.165, 1.54) is 0 Å². The molecule has 1 N–H and O–H groups in total. The molecule has 1 fully saturated rings. The lowest BCUT2D eigenvalue weighted by Crippen LogP contribution is -2.35. The van der Waals surface area contributed by atoms with Gasteiger partial charge in [0.25, 0.3) is 0 Å². The second-order valence-electron chi connectivity index (χ2n) is 5.33. The van der Waals surface area contributed by atoms with Crippen molar-refractivity contribution in [3.05, 3.63) is 0 Å². The highest BCUT2D eigenvalue weighted by atomic mass is 19.3. The Morgan fingerprint density at radius 3 is 2.26 bits per heavy atom. The fourth-order valence-corrected chi connectivity index (χ4v) is 2.50. The van der Waals surface area contributed by atoms with Crippen molar-refractivity contribution in [3.8, 4) is 0 Å². The zero-order chi connectivity index (χ0) is 14.5. The number of hydrogen-bond acceptors (Lipinski definition) is 2. The minimum Gasteiger partial charge on any atom is -0.390 e. The highest BCUT2D eigenvalue weighted by Gasteiger charge is 2.41. The fraction of sp³-hybridized carbons (Fsp3) is 1.00. The standard InChI is InChI=1S/C13H22F4O2/c1-2-9-3-5-10(6-4-9)11(18)7-19-8-13(16,17)12(14)15/h9-12,18H,2-8H2,1H3. The van der Waals surface area contributed by atoms with Crippen molar-refractivity contribution in [3.63, 3.8) is 0 Å². The van der Waals surface area contributed by atoms with Crippen molar-refractivity contribution >= 4 is 0 Å². The molecule has 1 aliphatic carbocycles. The molecular formula is C13H22F4O2. The van der Waals surface area contributed by atoms with Crippen molar-refractivity contribution in [1.82, 2.24) is 0 Å². The van der Waals surface area contributed by atoms with Gasteiger partial charge in [-0.1, -0.05) is 26.2 Å². The van der Waals surface area contributed by atoms with Crippen LogP contribution in [0, 0.1) is 11.8 Å². The summed E-state index contributed by atoms with van der Waals surface area (Å²) in [6, 6.07) is 0. The van der Waals surface area contributed by atoms with E-state index in [-0.39, 0.29) is 12.5 Å². The van der Waals surface area contributed by atoms with E-state index in [1.54, 1.807) is 0 Å². The predicted molar refractivity (Wildman–Crippen MR) is 63.5 cm³/mol. The van der Waals surface area contributed by atoms with Crippen LogP contribution in [0.25, 0.3) is 0 Å². The number of ether oxygens (including phenoxy) is 1. The molecule has 6 heteroatoms. The summed E-state index contributed by atoms with van der Waals surface area (Å²) in [7, 11) is 0. The molecule has 0 amide bonds. The number of aliphatic hydroxyl groups is 1. The quantitative estimate of drug-likeness (QED) is 0.726. The number of alkyl halides is 4. The first-order valence-electron chi connectivity index (χ1n) is 6.78. The molecule has 1 unspecified atom stereocenters. The van der Waals surface area contributed by atoms with Gasteiger partial charge in [-0.15, -0.1) is 0 Å². The molecule has 1 aliphatic rings. The number of rotatable bonds is 7. The number of aliphatic hydroxyl groups excluding tert-OH is 1. The first-order chi connectivity index (χ1) is 8.86. The summed E-state index contributed by atoms with van der Waals surface area (Å²) in [5, 5.41) is 9.81. The van der Waals surface area contributed by atoms with Crippen LogP contribution >= 0.6 is 0 Å². The molecular weight excluding hydrogens is 264 g/mol. The molecule has 1 saturated carbocycles. The van der Waals surface area contributed by atoms with Gasteiger partial charge in [-0.25, -0.2) is 8.78 Å². The molecule has 0 radical (unpaired) electrons. The van der Waals surface area contributed by atoms with E-state index in [4.69, 9.17) is 0 Å². The first-order valence-corrected chi connectivity index (χ1v) is 6.78. The van der Waals surface area contributed by atoms with Gasteiger partial charge in [0, 0.05) is 0 Å². The van der Waals surface area contributed by atoms with Crippen LogP contribution in [0.2, 0.25) is 0 Å². The molecule has 0 aromatic carbocycles. The SMILES string of the molecule is CCC1CCC(C(O)COCC(F)(F)C(F)F)CC1. The molecule has 1 rings (SSSR count). The van der Waals surface area contributed by atoms with Gasteiger partial charge in [-0.3, -0.25) is 0 Å². The molecule has 114 valence electrons. The second kappa shape index (κ2) is 7.43. The summed E-state index contributed by atoms with van der Waals surface area (Å²) >= 11 is 0. The number of halogens is 4. The lowest BCUT2D eigenvalue weighted by molar-refractivity contribution is -0.172. The Kier molecular flexibility index (Phi) is 6.53. The molecule has 0 aliphatic heterocycles. The Hall–Kier alpha value is -0.360. The summed E-state index contributed by atoms with van der Waals surface area (Å²) < 4.78 is 53.5. The van der Waals surface area contributed by atoms with Crippen molar-refractivity contribution in [2.45, 2.75) is 57.5 Å². The topological polar surface area (TPSA) is 29.5 Å². The van der Waals surface area contributed by atoms with Crippen molar-refractivity contribution in [2.75, 3.05) is 13.2 Å². The van der Waals surface area contributed by atoms with Crippen LogP contribution in [0.5, 0.6) is 0 Å². The molecule has 0 bridgehead atoms. The average molecular weight is 286 g/mol. The Morgan fingerprint density at radius 1 is 1.21 bits per heavy atom. The van der Waals surface area contributed by atoms with Crippen LogP contribution in [0.15, 0.2) is 0 Å². The Balaban J connectivity index is 2.23. The second-order valence-corrected chi connectivity index (χ2v) is 5.33. The number of hydrogen-bond donors (Lipinski definition) is 1. The largest absolute Gasteiger partial charge is 0.390 e. The minimum absolute atomic E-state index is 0.0305. The van der Waals surface area contributed by atoms with Gasteiger partial charge >= 0.3 is 12.3 Å². The van der Waals surface area contributed by atoms with Crippen molar-refractivity contribution in [2.24, 2.45) is 11.8 Å². The summed E-state index contributed by atoms with van der Waals surface area (Å²) in [5.41, 5.74) is 0. The van der Waals surface area contributed by atoms with E-state index in [0.717, 1.165) is 32.1 Å². The summed E-state index contributed by atoms with van der Waals surface area (Å²) in [4.78, 5) is 0. The molecule has 0 saturated heterocycles. The molecule has 0 heterocycles. The van der Waals surface area contributed by atoms with Crippen molar-refractivity contribution < 1.29 is 27.4 Å². The molecule has 0 aromatic rings. The maximum Gasteiger partial charge on any atom is 0.330 e. The van der Waals surface area contributed by atoms with E-state index in [2.05, 4.69) is 11.7 Å². The van der Waals surface area contributed by atoms with E-state index < -0.39 is 25.1 Å². The van der Waals surface area contributed by atoms with Gasteiger partial charge in [0.05, 0.1) is 12.7 Å². The molecule has 0 aromatic heterocycles. The van der Waals surface area contributed by atoms with Crippen LogP contribution in [-0.2, 0) is 4.74 Å². The molecule has 19 heavy (non-hydrogen) atoms. The van der Waals surface area contributed by atoms with Crippen LogP contribution < -0.4 is 0 Å². The van der Waals surface area contributed by atoms with Gasteiger partial charge in [-0.2, -0.15) is 8.78 Å². The first kappa shape index (κ1) is 16.7. The fourth-order valence-electron chi connectivity index (χ4n) is 2.50. The zero-order valence-electron chi connectivity index (χ0n) is 11.1. The zero-order valence-corrected chi connectivity index (χ0v) is 11.1. The Bertz CT molecular complexity index is 253. The lowest BCUT2D eigenvalue weighted by atomic mass is 9.78. The summed E-state index contributed by atoms with van der Waals surface area (Å²) in [5.74, 6) is -3.44. The van der Waals surface area contributed by atoms with Gasteiger partial charge < -0.3 is 9.84 Å². The molecule has 0 spiro atoms. The minimum atomic E-state index is -4.14. The predicted octanol–water partition coefficient (Wildman–Crippen LogP) is 3.48. The highest BCUT2D eigenvalue weighted by Crippen LogP contribution is 2.32. The molecule has 2 nitrogen and oxygen atoms in total. The van der Waals surface area contributed by atoms with Gasteiger partial charge in [-0.05, 0) is 24.7 Å². The van der Waals surface area contributed by atoms with Crippen LogP contribution in [0.3, 0.4) is 0 Å². The monoisotopic (exact) mass is 286 g/mol. The highest BCUT2D eigenvalue weighted by molar-refractivity contribution is 4.77. The Labute approximate surface area is 111 Å².